The number of allylic oxidation sites excluding steroid dienone is 1. The molecule has 4 aromatic rings. The van der Waals surface area contributed by atoms with Gasteiger partial charge < -0.3 is 20.1 Å². The number of ether oxygens (including phenoxy) is 2. The van der Waals surface area contributed by atoms with E-state index in [1.165, 1.54) is 18.5 Å². The molecule has 9 heteroatoms. The molecule has 3 aromatic carbocycles. The van der Waals surface area contributed by atoms with Crippen LogP contribution >= 0.6 is 0 Å². The lowest BCUT2D eigenvalue weighted by molar-refractivity contribution is -0.113. The van der Waals surface area contributed by atoms with Gasteiger partial charge in [0.1, 0.15) is 24.8 Å². The molecule has 1 aliphatic heterocycles. The highest BCUT2D eigenvalue weighted by Crippen LogP contribution is 2.39. The maximum atomic E-state index is 13.7. The number of hydrogen-bond donors (Lipinski definition) is 2. The Kier molecular flexibility index (Phi) is 7.08. The molecular formula is C29H28FN5O3. The molecule has 5 rings (SSSR count). The van der Waals surface area contributed by atoms with Gasteiger partial charge in [0.05, 0.1) is 12.2 Å². The van der Waals surface area contributed by atoms with Crippen molar-refractivity contribution in [3.63, 3.8) is 0 Å². The number of aryl methyl sites for hydroxylation is 1. The second-order valence-electron chi connectivity index (χ2n) is 8.92. The van der Waals surface area contributed by atoms with Crippen LogP contribution in [0.25, 0.3) is 0 Å². The van der Waals surface area contributed by atoms with Crippen molar-refractivity contribution in [2.75, 3.05) is 17.2 Å². The van der Waals surface area contributed by atoms with E-state index in [1.54, 1.807) is 16.8 Å². The van der Waals surface area contributed by atoms with Crippen LogP contribution in [0.1, 0.15) is 36.6 Å². The average molecular weight is 514 g/mol. The highest BCUT2D eigenvalue weighted by atomic mass is 19.1. The van der Waals surface area contributed by atoms with Crippen molar-refractivity contribution in [3.8, 4) is 11.5 Å². The number of amides is 1. The number of para-hydroxylation sites is 1. The van der Waals surface area contributed by atoms with E-state index in [2.05, 4.69) is 20.7 Å². The van der Waals surface area contributed by atoms with Gasteiger partial charge in [-0.25, -0.2) is 9.07 Å². The molecule has 8 nitrogen and oxygen atoms in total. The number of halogens is 1. The van der Waals surface area contributed by atoms with Gasteiger partial charge in [0, 0.05) is 11.4 Å². The lowest BCUT2D eigenvalue weighted by Crippen LogP contribution is -2.31. The fraction of sp³-hybridized carbons (Fsp3) is 0.207. The van der Waals surface area contributed by atoms with Gasteiger partial charge in [-0.15, -0.1) is 0 Å². The number of rotatable bonds is 8. The summed E-state index contributed by atoms with van der Waals surface area (Å²) in [6, 6.07) is 18.8. The molecule has 0 saturated heterocycles. The topological polar surface area (TPSA) is 90.3 Å². The van der Waals surface area contributed by atoms with Crippen molar-refractivity contribution in [2.24, 2.45) is 0 Å². The van der Waals surface area contributed by atoms with E-state index in [-0.39, 0.29) is 18.3 Å². The molecule has 1 atom stereocenters. The van der Waals surface area contributed by atoms with Gasteiger partial charge in [0.15, 0.2) is 11.5 Å². The van der Waals surface area contributed by atoms with Crippen LogP contribution in [-0.2, 0) is 11.4 Å². The van der Waals surface area contributed by atoms with Crippen LogP contribution in [0.15, 0.2) is 84.3 Å². The minimum absolute atomic E-state index is 0.245. The fourth-order valence-corrected chi connectivity index (χ4v) is 4.42. The van der Waals surface area contributed by atoms with Gasteiger partial charge in [-0.3, -0.25) is 4.79 Å². The second-order valence-corrected chi connectivity index (χ2v) is 8.92. The summed E-state index contributed by atoms with van der Waals surface area (Å²) in [7, 11) is 0. The summed E-state index contributed by atoms with van der Waals surface area (Å²) in [4.78, 5) is 18.0. The number of fused-ring (bicyclic) bond motifs is 1. The number of carbonyl (C=O) groups excluding carboxylic acids is 1. The first kappa shape index (κ1) is 25.0. The first-order valence-corrected chi connectivity index (χ1v) is 12.3. The Bertz CT molecular complexity index is 1500. The lowest BCUT2D eigenvalue weighted by atomic mass is 9.94. The molecule has 2 N–H and O–H groups in total. The minimum Gasteiger partial charge on any atom is -0.490 e. The van der Waals surface area contributed by atoms with Crippen LogP contribution in [-0.4, -0.2) is 27.3 Å². The third-order valence-electron chi connectivity index (χ3n) is 6.32. The predicted molar refractivity (Wildman–Crippen MR) is 143 cm³/mol. The Balaban J connectivity index is 1.49. The zero-order chi connectivity index (χ0) is 26.6. The summed E-state index contributed by atoms with van der Waals surface area (Å²) >= 11 is 0. The van der Waals surface area contributed by atoms with Gasteiger partial charge >= 0.3 is 0 Å². The highest BCUT2D eigenvalue weighted by Gasteiger charge is 2.34. The third-order valence-corrected chi connectivity index (χ3v) is 6.32. The SMILES string of the molecule is CCOc1cc(C2C(C(=O)Nc3ccccc3C)=C(C)Nc3ncnn32)ccc1OCc1ccc(F)cc1. The van der Waals surface area contributed by atoms with E-state index in [4.69, 9.17) is 9.47 Å². The number of aromatic nitrogens is 3. The maximum absolute atomic E-state index is 13.7. The van der Waals surface area contributed by atoms with E-state index in [0.29, 0.717) is 35.3 Å². The van der Waals surface area contributed by atoms with Crippen molar-refractivity contribution >= 4 is 17.5 Å². The Hall–Kier alpha value is -4.66. The lowest BCUT2D eigenvalue weighted by Gasteiger charge is -2.29. The van der Waals surface area contributed by atoms with Crippen molar-refractivity contribution in [2.45, 2.75) is 33.4 Å². The molecule has 0 aliphatic carbocycles. The van der Waals surface area contributed by atoms with E-state index in [0.717, 1.165) is 22.4 Å². The standard InChI is InChI=1S/C29H28FN5O3/c1-4-37-25-15-21(11-14-24(25)38-16-20-9-12-22(30)13-10-20)27-26(19(3)33-29-31-17-32-35(27)29)28(36)34-23-8-6-5-7-18(23)2/h5-15,17,27H,4,16H2,1-3H3,(H,34,36)(H,31,32,33). The number of nitrogens with one attached hydrogen (secondary N) is 2. The van der Waals surface area contributed by atoms with Crippen LogP contribution in [0.4, 0.5) is 16.0 Å². The molecular weight excluding hydrogens is 485 g/mol. The summed E-state index contributed by atoms with van der Waals surface area (Å²) < 4.78 is 26.9. The summed E-state index contributed by atoms with van der Waals surface area (Å²) in [5.74, 6) is 1.07. The molecule has 0 spiro atoms. The van der Waals surface area contributed by atoms with Gasteiger partial charge in [-0.2, -0.15) is 10.1 Å². The largest absolute Gasteiger partial charge is 0.490 e. The van der Waals surface area contributed by atoms with E-state index < -0.39 is 6.04 Å². The zero-order valence-corrected chi connectivity index (χ0v) is 21.4. The summed E-state index contributed by atoms with van der Waals surface area (Å²) in [5, 5.41) is 10.6. The average Bonchev–Trinajstić information content (AvgIpc) is 3.37. The maximum Gasteiger partial charge on any atom is 0.255 e. The van der Waals surface area contributed by atoms with Crippen molar-refractivity contribution < 1.29 is 18.7 Å². The predicted octanol–water partition coefficient (Wildman–Crippen LogP) is 5.63. The van der Waals surface area contributed by atoms with Crippen LogP contribution in [0, 0.1) is 12.7 Å². The quantitative estimate of drug-likeness (QED) is 0.317. The van der Waals surface area contributed by atoms with Gasteiger partial charge in [-0.05, 0) is 67.8 Å². The molecule has 0 fully saturated rings. The van der Waals surface area contributed by atoms with E-state index in [1.807, 2.05) is 63.2 Å². The molecule has 0 saturated carbocycles. The van der Waals surface area contributed by atoms with Crippen LogP contribution in [0.5, 0.6) is 11.5 Å². The Morgan fingerprint density at radius 1 is 1.05 bits per heavy atom. The monoisotopic (exact) mass is 513 g/mol. The first-order chi connectivity index (χ1) is 18.4. The number of hydrogen-bond acceptors (Lipinski definition) is 6. The zero-order valence-electron chi connectivity index (χ0n) is 21.4. The molecule has 0 radical (unpaired) electrons. The van der Waals surface area contributed by atoms with Crippen molar-refractivity contribution in [1.29, 1.82) is 0 Å². The molecule has 2 heterocycles. The third kappa shape index (κ3) is 5.08. The summed E-state index contributed by atoms with van der Waals surface area (Å²) in [5.41, 5.74) is 4.50. The van der Waals surface area contributed by atoms with Crippen LogP contribution in [0.3, 0.4) is 0 Å². The number of anilines is 2. The molecule has 38 heavy (non-hydrogen) atoms. The number of benzene rings is 3. The number of nitrogens with zero attached hydrogens (tertiary/aromatic N) is 3. The van der Waals surface area contributed by atoms with Crippen molar-refractivity contribution in [3.05, 3.63) is 107 Å². The van der Waals surface area contributed by atoms with Crippen LogP contribution < -0.4 is 20.1 Å². The van der Waals surface area contributed by atoms with Crippen molar-refractivity contribution in [1.82, 2.24) is 14.8 Å². The van der Waals surface area contributed by atoms with Gasteiger partial charge in [0.25, 0.3) is 5.91 Å². The first-order valence-electron chi connectivity index (χ1n) is 12.3. The Labute approximate surface area is 220 Å². The molecule has 1 aromatic heterocycles. The molecule has 1 unspecified atom stereocenters. The summed E-state index contributed by atoms with van der Waals surface area (Å²) in [6.45, 7) is 6.36. The normalized spacial score (nSPS) is 14.5. The van der Waals surface area contributed by atoms with Gasteiger partial charge in [0.2, 0.25) is 5.95 Å². The molecule has 1 amide bonds. The summed E-state index contributed by atoms with van der Waals surface area (Å²) in [6.07, 6.45) is 1.45. The molecule has 1 aliphatic rings. The fourth-order valence-electron chi connectivity index (χ4n) is 4.42. The van der Waals surface area contributed by atoms with E-state index in [9.17, 15) is 9.18 Å². The second kappa shape index (κ2) is 10.8. The number of carbonyl (C=O) groups is 1. The molecule has 0 bridgehead atoms. The van der Waals surface area contributed by atoms with Gasteiger partial charge in [-0.1, -0.05) is 36.4 Å². The molecule has 194 valence electrons. The highest BCUT2D eigenvalue weighted by molar-refractivity contribution is 6.06. The van der Waals surface area contributed by atoms with E-state index >= 15 is 0 Å². The minimum atomic E-state index is -0.553. The Morgan fingerprint density at radius 3 is 2.61 bits per heavy atom. The smallest absolute Gasteiger partial charge is 0.255 e. The Morgan fingerprint density at radius 2 is 1.84 bits per heavy atom. The van der Waals surface area contributed by atoms with Crippen LogP contribution in [0.2, 0.25) is 0 Å².